The van der Waals surface area contributed by atoms with Crippen LogP contribution in [0.25, 0.3) is 5.69 Å². The molecule has 0 spiro atoms. The number of aromatic nitrogens is 3. The molecule has 1 atom stereocenters. The quantitative estimate of drug-likeness (QED) is 0.520. The smallest absolute Gasteiger partial charge is 0.270 e. The second kappa shape index (κ2) is 9.46. The fourth-order valence-corrected chi connectivity index (χ4v) is 4.17. The van der Waals surface area contributed by atoms with E-state index in [1.165, 1.54) is 16.8 Å². The highest BCUT2D eigenvalue weighted by atomic mass is 16.2. The largest absolute Gasteiger partial charge is 0.356 e. The number of amides is 2. The Kier molecular flexibility index (Phi) is 6.42. The number of carbonyl (C=O) groups is 2. The van der Waals surface area contributed by atoms with Crippen LogP contribution in [0.5, 0.6) is 0 Å². The normalized spacial score (nSPS) is 14.9. The number of hydrogen-bond acceptors (Lipinski definition) is 6. The standard InChI is InChI=1S/C25H27N7O3/c1-14(2)29-25-30-21-13-31(24(35)20-10-16(11-26)12-28-20)15(3)9-19(21)23(34)32(25)18-7-5-17(6-8-18)22(33)27-4/h5-8,10,12,14-15,28H,9,13H2,1-4H3,(H,27,33)(H,29,30)/t15-/m1/s1. The van der Waals surface area contributed by atoms with Crippen molar-refractivity contribution in [3.05, 3.63) is 75.0 Å². The summed E-state index contributed by atoms with van der Waals surface area (Å²) in [7, 11) is 1.56. The molecule has 0 unspecified atom stereocenters. The maximum atomic E-state index is 13.7. The average Bonchev–Trinajstić information content (AvgIpc) is 3.33. The molecule has 4 rings (SSSR count). The zero-order chi connectivity index (χ0) is 25.3. The van der Waals surface area contributed by atoms with Gasteiger partial charge in [-0.15, -0.1) is 0 Å². The van der Waals surface area contributed by atoms with Gasteiger partial charge in [0, 0.05) is 36.5 Å². The van der Waals surface area contributed by atoms with Gasteiger partial charge in [0.2, 0.25) is 5.95 Å². The Labute approximate surface area is 202 Å². The Morgan fingerprint density at radius 1 is 1.26 bits per heavy atom. The molecule has 0 saturated carbocycles. The third-order valence-corrected chi connectivity index (χ3v) is 5.95. The molecular formula is C25H27N7O3. The highest BCUT2D eigenvalue weighted by molar-refractivity contribution is 5.94. The number of nitrogens with one attached hydrogen (secondary N) is 3. The fourth-order valence-electron chi connectivity index (χ4n) is 4.17. The van der Waals surface area contributed by atoms with Crippen molar-refractivity contribution in [1.29, 1.82) is 5.26 Å². The maximum Gasteiger partial charge on any atom is 0.270 e. The molecule has 1 aromatic carbocycles. The molecule has 35 heavy (non-hydrogen) atoms. The molecule has 0 aliphatic carbocycles. The number of benzene rings is 1. The van der Waals surface area contributed by atoms with E-state index in [2.05, 4.69) is 15.6 Å². The first-order chi connectivity index (χ1) is 16.7. The number of fused-ring (bicyclic) bond motifs is 1. The van der Waals surface area contributed by atoms with Gasteiger partial charge in [-0.25, -0.2) is 9.55 Å². The van der Waals surface area contributed by atoms with Gasteiger partial charge in [-0.3, -0.25) is 14.4 Å². The molecule has 0 fully saturated rings. The Balaban J connectivity index is 1.75. The lowest BCUT2D eigenvalue weighted by Gasteiger charge is -2.34. The first kappa shape index (κ1) is 23.8. The monoisotopic (exact) mass is 473 g/mol. The molecule has 0 radical (unpaired) electrons. The lowest BCUT2D eigenvalue weighted by Crippen LogP contribution is -2.46. The Morgan fingerprint density at radius 2 is 1.97 bits per heavy atom. The van der Waals surface area contributed by atoms with E-state index in [9.17, 15) is 14.4 Å². The van der Waals surface area contributed by atoms with Crippen LogP contribution in [0.15, 0.2) is 41.3 Å². The van der Waals surface area contributed by atoms with E-state index >= 15 is 0 Å². The van der Waals surface area contributed by atoms with E-state index in [4.69, 9.17) is 10.2 Å². The van der Waals surface area contributed by atoms with Gasteiger partial charge in [-0.2, -0.15) is 5.26 Å². The lowest BCUT2D eigenvalue weighted by molar-refractivity contribution is 0.0647. The Morgan fingerprint density at radius 3 is 2.57 bits per heavy atom. The molecule has 0 saturated heterocycles. The number of nitrogens with zero attached hydrogens (tertiary/aromatic N) is 4. The van der Waals surface area contributed by atoms with E-state index in [0.29, 0.717) is 46.1 Å². The van der Waals surface area contributed by atoms with Gasteiger partial charge < -0.3 is 20.5 Å². The second-order valence-corrected chi connectivity index (χ2v) is 8.83. The topological polar surface area (TPSA) is 136 Å². The molecule has 180 valence electrons. The maximum absolute atomic E-state index is 13.7. The van der Waals surface area contributed by atoms with Gasteiger partial charge >= 0.3 is 0 Å². The number of rotatable bonds is 5. The van der Waals surface area contributed by atoms with Gasteiger partial charge in [-0.05, 0) is 57.5 Å². The minimum Gasteiger partial charge on any atom is -0.356 e. The molecule has 1 aliphatic rings. The lowest BCUT2D eigenvalue weighted by atomic mass is 9.99. The van der Waals surface area contributed by atoms with Crippen molar-refractivity contribution >= 4 is 17.8 Å². The number of hydrogen-bond donors (Lipinski definition) is 3. The average molecular weight is 474 g/mol. The SMILES string of the molecule is CNC(=O)c1ccc(-n2c(NC(C)C)nc3c(c2=O)C[C@@H](C)N(C(=O)c2cc(C#N)c[nH]2)C3)cc1. The zero-order valence-electron chi connectivity index (χ0n) is 20.0. The van der Waals surface area contributed by atoms with E-state index in [1.54, 1.807) is 36.2 Å². The summed E-state index contributed by atoms with van der Waals surface area (Å²) < 4.78 is 1.51. The van der Waals surface area contributed by atoms with Gasteiger partial charge in [0.15, 0.2) is 0 Å². The van der Waals surface area contributed by atoms with Crippen molar-refractivity contribution in [1.82, 2.24) is 24.8 Å². The highest BCUT2D eigenvalue weighted by Crippen LogP contribution is 2.25. The van der Waals surface area contributed by atoms with Crippen LogP contribution >= 0.6 is 0 Å². The summed E-state index contributed by atoms with van der Waals surface area (Å²) in [5.74, 6) is -0.0978. The van der Waals surface area contributed by atoms with Gasteiger partial charge in [0.1, 0.15) is 11.8 Å². The molecule has 3 heterocycles. The van der Waals surface area contributed by atoms with Crippen molar-refractivity contribution in [2.24, 2.45) is 0 Å². The highest BCUT2D eigenvalue weighted by Gasteiger charge is 2.32. The fraction of sp³-hybridized carbons (Fsp3) is 0.320. The third kappa shape index (κ3) is 4.53. The minimum absolute atomic E-state index is 0.0000805. The number of anilines is 1. The number of H-pyrrole nitrogens is 1. The van der Waals surface area contributed by atoms with Crippen LogP contribution in [0.3, 0.4) is 0 Å². The summed E-state index contributed by atoms with van der Waals surface area (Å²) in [5.41, 5.74) is 2.65. The predicted octanol–water partition coefficient (Wildman–Crippen LogP) is 2.20. The van der Waals surface area contributed by atoms with Crippen molar-refractivity contribution in [2.75, 3.05) is 12.4 Å². The van der Waals surface area contributed by atoms with Crippen LogP contribution in [0, 0.1) is 11.3 Å². The van der Waals surface area contributed by atoms with Gasteiger partial charge in [0.05, 0.1) is 23.5 Å². The first-order valence-corrected chi connectivity index (χ1v) is 11.4. The molecule has 10 heteroatoms. The van der Waals surface area contributed by atoms with Gasteiger partial charge in [0.25, 0.3) is 17.4 Å². The summed E-state index contributed by atoms with van der Waals surface area (Å²) in [5, 5.41) is 14.9. The van der Waals surface area contributed by atoms with Crippen molar-refractivity contribution in [3.63, 3.8) is 0 Å². The summed E-state index contributed by atoms with van der Waals surface area (Å²) in [6.07, 6.45) is 1.84. The molecule has 3 N–H and O–H groups in total. The molecule has 10 nitrogen and oxygen atoms in total. The van der Waals surface area contributed by atoms with E-state index in [0.717, 1.165) is 0 Å². The van der Waals surface area contributed by atoms with Crippen LogP contribution < -0.4 is 16.2 Å². The number of nitriles is 1. The second-order valence-electron chi connectivity index (χ2n) is 8.83. The third-order valence-electron chi connectivity index (χ3n) is 5.95. The van der Waals surface area contributed by atoms with Crippen LogP contribution in [-0.4, -0.2) is 50.4 Å². The summed E-state index contributed by atoms with van der Waals surface area (Å²) in [6.45, 7) is 5.95. The predicted molar refractivity (Wildman–Crippen MR) is 131 cm³/mol. The molecule has 2 aromatic heterocycles. The van der Waals surface area contributed by atoms with Gasteiger partial charge in [-0.1, -0.05) is 0 Å². The van der Waals surface area contributed by atoms with E-state index in [1.807, 2.05) is 26.8 Å². The Bertz CT molecular complexity index is 1380. The molecule has 1 aliphatic heterocycles. The zero-order valence-corrected chi connectivity index (χ0v) is 20.0. The summed E-state index contributed by atoms with van der Waals surface area (Å²) >= 11 is 0. The summed E-state index contributed by atoms with van der Waals surface area (Å²) in [4.78, 5) is 48.0. The Hall–Kier alpha value is -4.39. The summed E-state index contributed by atoms with van der Waals surface area (Å²) in [6, 6.07) is 10.0. The number of aromatic amines is 1. The van der Waals surface area contributed by atoms with Crippen LogP contribution in [0.4, 0.5) is 5.95 Å². The minimum atomic E-state index is -0.251. The number of carbonyl (C=O) groups excluding carboxylic acids is 2. The van der Waals surface area contributed by atoms with E-state index in [-0.39, 0.29) is 36.0 Å². The molecular weight excluding hydrogens is 446 g/mol. The van der Waals surface area contributed by atoms with Crippen LogP contribution in [0.2, 0.25) is 0 Å². The molecule has 3 aromatic rings. The molecule has 0 bridgehead atoms. The van der Waals surface area contributed by atoms with Crippen molar-refractivity contribution in [3.8, 4) is 11.8 Å². The van der Waals surface area contributed by atoms with E-state index < -0.39 is 0 Å². The first-order valence-electron chi connectivity index (χ1n) is 11.4. The van der Waals surface area contributed by atoms with Crippen LogP contribution in [0.1, 0.15) is 58.4 Å². The van der Waals surface area contributed by atoms with Crippen molar-refractivity contribution in [2.45, 2.75) is 45.8 Å². The van der Waals surface area contributed by atoms with Crippen LogP contribution in [-0.2, 0) is 13.0 Å². The van der Waals surface area contributed by atoms with Crippen molar-refractivity contribution < 1.29 is 9.59 Å². The molecule has 2 amide bonds.